The van der Waals surface area contributed by atoms with Crippen LogP contribution in [0.1, 0.15) is 25.3 Å². The van der Waals surface area contributed by atoms with E-state index in [2.05, 4.69) is 17.2 Å². The highest BCUT2D eigenvalue weighted by Crippen LogP contribution is 2.23. The molecule has 1 aliphatic heterocycles. The van der Waals surface area contributed by atoms with E-state index in [-0.39, 0.29) is 17.7 Å². The molecule has 0 radical (unpaired) electrons. The van der Waals surface area contributed by atoms with Gasteiger partial charge < -0.3 is 15.5 Å². The molecule has 0 aromatic heterocycles. The van der Waals surface area contributed by atoms with Crippen molar-refractivity contribution in [3.05, 3.63) is 36.4 Å². The smallest absolute Gasteiger partial charge is 0.247 e. The molecule has 1 atom stereocenters. The number of likely N-dealkylation sites (tertiary alicyclic amines) is 1. The summed E-state index contributed by atoms with van der Waals surface area (Å²) in [6.45, 7) is 5.41. The van der Waals surface area contributed by atoms with Gasteiger partial charge in [-0.1, -0.05) is 19.6 Å². The monoisotopic (exact) mass is 315 g/mol. The van der Waals surface area contributed by atoms with E-state index < -0.39 is 6.04 Å². The van der Waals surface area contributed by atoms with E-state index in [1.165, 1.54) is 11.0 Å². The third-order valence-electron chi connectivity index (χ3n) is 4.00. The van der Waals surface area contributed by atoms with E-state index >= 15 is 0 Å². The summed E-state index contributed by atoms with van der Waals surface area (Å²) >= 11 is 0. The van der Waals surface area contributed by atoms with Crippen molar-refractivity contribution in [2.24, 2.45) is 0 Å². The van der Waals surface area contributed by atoms with Gasteiger partial charge >= 0.3 is 0 Å². The van der Waals surface area contributed by atoms with Crippen molar-refractivity contribution in [2.45, 2.75) is 32.2 Å². The maximum atomic E-state index is 12.3. The number of likely N-dealkylation sites (N-methyl/N-ethyl adjacent to an activating group) is 1. The van der Waals surface area contributed by atoms with E-state index in [1.807, 2.05) is 13.0 Å². The van der Waals surface area contributed by atoms with Gasteiger partial charge in [0.2, 0.25) is 17.7 Å². The summed E-state index contributed by atoms with van der Waals surface area (Å²) in [5.74, 6) is -0.543. The lowest BCUT2D eigenvalue weighted by Crippen LogP contribution is -2.38. The largest absolute Gasteiger partial charge is 0.334 e. The number of hydrogen-bond acceptors (Lipinski definition) is 3. The van der Waals surface area contributed by atoms with Crippen LogP contribution in [0.5, 0.6) is 0 Å². The average Bonchev–Trinajstić information content (AvgIpc) is 2.87. The summed E-state index contributed by atoms with van der Waals surface area (Å²) < 4.78 is 0. The number of anilines is 2. The van der Waals surface area contributed by atoms with Crippen molar-refractivity contribution in [2.75, 3.05) is 17.7 Å². The van der Waals surface area contributed by atoms with Crippen LogP contribution in [0.2, 0.25) is 0 Å². The Kier molecular flexibility index (Phi) is 5.16. The minimum absolute atomic E-state index is 0.0228. The highest BCUT2D eigenvalue weighted by atomic mass is 16.2. The summed E-state index contributed by atoms with van der Waals surface area (Å²) in [5, 5.41) is 5.55. The number of carbonyl (C=O) groups excluding carboxylic acids is 3. The molecule has 1 aliphatic rings. The van der Waals surface area contributed by atoms with Crippen LogP contribution in [0.3, 0.4) is 0 Å². The zero-order valence-corrected chi connectivity index (χ0v) is 13.4. The number of nitrogens with zero attached hydrogens (tertiary/aromatic N) is 1. The molecular weight excluding hydrogens is 294 g/mol. The fraction of sp³-hybridized carbons (Fsp3) is 0.353. The van der Waals surface area contributed by atoms with Gasteiger partial charge in [0, 0.05) is 24.8 Å². The molecule has 2 N–H and O–H groups in total. The van der Waals surface area contributed by atoms with Gasteiger partial charge in [-0.2, -0.15) is 0 Å². The molecule has 0 bridgehead atoms. The Morgan fingerprint density at radius 3 is 2.70 bits per heavy atom. The number of carbonyl (C=O) groups is 3. The molecule has 1 saturated heterocycles. The number of nitrogens with one attached hydrogen (secondary N) is 2. The van der Waals surface area contributed by atoms with Crippen molar-refractivity contribution >= 4 is 29.1 Å². The van der Waals surface area contributed by atoms with E-state index in [0.717, 1.165) is 12.0 Å². The molecule has 1 aromatic rings. The summed E-state index contributed by atoms with van der Waals surface area (Å²) in [6.07, 6.45) is 2.86. The molecule has 1 fully saturated rings. The first-order chi connectivity index (χ1) is 11.0. The Hall–Kier alpha value is -2.63. The highest BCUT2D eigenvalue weighted by Gasteiger charge is 2.33. The Bertz CT molecular complexity index is 654. The Balaban J connectivity index is 2.15. The minimum Gasteiger partial charge on any atom is -0.334 e. The lowest BCUT2D eigenvalue weighted by molar-refractivity contribution is -0.131. The molecule has 6 heteroatoms. The first-order valence-electron chi connectivity index (χ1n) is 7.59. The first-order valence-corrected chi connectivity index (χ1v) is 7.59. The molecule has 1 aromatic carbocycles. The van der Waals surface area contributed by atoms with Crippen LogP contribution in [-0.4, -0.2) is 35.7 Å². The van der Waals surface area contributed by atoms with Crippen LogP contribution >= 0.6 is 0 Å². The van der Waals surface area contributed by atoms with E-state index in [9.17, 15) is 14.4 Å². The van der Waals surface area contributed by atoms with Gasteiger partial charge in [0.05, 0.1) is 0 Å². The Morgan fingerprint density at radius 2 is 2.13 bits per heavy atom. The van der Waals surface area contributed by atoms with Gasteiger partial charge in [-0.3, -0.25) is 14.4 Å². The predicted octanol–water partition coefficient (Wildman–Crippen LogP) is 1.93. The molecule has 122 valence electrons. The highest BCUT2D eigenvalue weighted by molar-refractivity contribution is 6.01. The van der Waals surface area contributed by atoms with Crippen LogP contribution in [0.25, 0.3) is 0 Å². The lowest BCUT2D eigenvalue weighted by Gasteiger charge is -2.19. The number of aryl methyl sites for hydroxylation is 1. The van der Waals surface area contributed by atoms with Crippen LogP contribution in [0, 0.1) is 0 Å². The van der Waals surface area contributed by atoms with Crippen LogP contribution < -0.4 is 10.6 Å². The van der Waals surface area contributed by atoms with Crippen molar-refractivity contribution < 1.29 is 14.4 Å². The van der Waals surface area contributed by atoms with E-state index in [1.54, 1.807) is 19.2 Å². The fourth-order valence-corrected chi connectivity index (χ4v) is 2.60. The molecule has 0 saturated carbocycles. The lowest BCUT2D eigenvalue weighted by atomic mass is 10.1. The summed E-state index contributed by atoms with van der Waals surface area (Å²) in [4.78, 5) is 36.8. The minimum atomic E-state index is -0.445. The van der Waals surface area contributed by atoms with Crippen molar-refractivity contribution in [1.29, 1.82) is 0 Å². The quantitative estimate of drug-likeness (QED) is 0.815. The second-order valence-corrected chi connectivity index (χ2v) is 5.47. The molecule has 2 rings (SSSR count). The van der Waals surface area contributed by atoms with Gasteiger partial charge in [0.1, 0.15) is 6.04 Å². The van der Waals surface area contributed by atoms with Gasteiger partial charge in [0.15, 0.2) is 0 Å². The maximum Gasteiger partial charge on any atom is 0.247 e. The van der Waals surface area contributed by atoms with Crippen LogP contribution in [0.4, 0.5) is 11.4 Å². The molecule has 3 amide bonds. The van der Waals surface area contributed by atoms with Gasteiger partial charge in [-0.05, 0) is 36.6 Å². The maximum absolute atomic E-state index is 12.3. The normalized spacial score (nSPS) is 17.0. The summed E-state index contributed by atoms with van der Waals surface area (Å²) in [6, 6.07) is 4.92. The molecule has 23 heavy (non-hydrogen) atoms. The second-order valence-electron chi connectivity index (χ2n) is 5.47. The van der Waals surface area contributed by atoms with Crippen LogP contribution in [-0.2, 0) is 20.8 Å². The zero-order valence-electron chi connectivity index (χ0n) is 13.4. The molecular formula is C17H21N3O3. The molecule has 0 spiro atoms. The van der Waals surface area contributed by atoms with E-state index in [4.69, 9.17) is 0 Å². The first kappa shape index (κ1) is 16.7. The second kappa shape index (κ2) is 7.09. The number of rotatable bonds is 5. The Morgan fingerprint density at radius 1 is 1.39 bits per heavy atom. The standard InChI is InChI=1S/C17H21N3O3/c1-4-11-6-7-12(10-13(11)19-15(21)5-2)18-17(23)14-8-9-16(22)20(14)3/h5-7,10,14H,2,4,8-9H2,1,3H3,(H,18,23)(H,19,21)/t14-/m1/s1. The fourth-order valence-electron chi connectivity index (χ4n) is 2.60. The van der Waals surface area contributed by atoms with Crippen LogP contribution in [0.15, 0.2) is 30.9 Å². The van der Waals surface area contributed by atoms with E-state index in [0.29, 0.717) is 24.2 Å². The topological polar surface area (TPSA) is 78.5 Å². The van der Waals surface area contributed by atoms with Crippen molar-refractivity contribution in [3.63, 3.8) is 0 Å². The molecule has 0 aliphatic carbocycles. The Labute approximate surface area is 135 Å². The predicted molar refractivity (Wildman–Crippen MR) is 89.1 cm³/mol. The van der Waals surface area contributed by atoms with Crippen molar-refractivity contribution in [3.8, 4) is 0 Å². The summed E-state index contributed by atoms with van der Waals surface area (Å²) in [5.41, 5.74) is 2.19. The van der Waals surface area contributed by atoms with Crippen molar-refractivity contribution in [1.82, 2.24) is 4.90 Å². The van der Waals surface area contributed by atoms with Gasteiger partial charge in [0.25, 0.3) is 0 Å². The zero-order chi connectivity index (χ0) is 17.0. The number of hydrogen-bond donors (Lipinski definition) is 2. The van der Waals surface area contributed by atoms with Gasteiger partial charge in [-0.15, -0.1) is 0 Å². The third-order valence-corrected chi connectivity index (χ3v) is 4.00. The van der Waals surface area contributed by atoms with Gasteiger partial charge in [-0.25, -0.2) is 0 Å². The number of benzene rings is 1. The molecule has 6 nitrogen and oxygen atoms in total. The number of amides is 3. The third kappa shape index (κ3) is 3.77. The average molecular weight is 315 g/mol. The SMILES string of the molecule is C=CC(=O)Nc1cc(NC(=O)[C@H]2CCC(=O)N2C)ccc1CC. The molecule has 0 unspecified atom stereocenters. The summed E-state index contributed by atoms with van der Waals surface area (Å²) in [7, 11) is 1.63. The molecule has 1 heterocycles.